The van der Waals surface area contributed by atoms with E-state index in [9.17, 15) is 4.79 Å². The van der Waals surface area contributed by atoms with Gasteiger partial charge in [0.05, 0.1) is 0 Å². The summed E-state index contributed by atoms with van der Waals surface area (Å²) in [5.74, 6) is -0.147. The van der Waals surface area contributed by atoms with Crippen molar-refractivity contribution in [3.05, 3.63) is 40.4 Å². The van der Waals surface area contributed by atoms with Crippen LogP contribution in [-0.2, 0) is 17.6 Å². The van der Waals surface area contributed by atoms with E-state index in [-0.39, 0.29) is 5.91 Å². The highest BCUT2D eigenvalue weighted by atomic mass is 79.9. The summed E-state index contributed by atoms with van der Waals surface area (Å²) in [6, 6.07) is 3.93. The number of hydrogen-bond donors (Lipinski definition) is 1. The van der Waals surface area contributed by atoms with E-state index in [1.54, 1.807) is 0 Å². The topological polar surface area (TPSA) is 29.1 Å². The number of fused-ring (bicyclic) bond motifs is 1. The Bertz CT molecular complexity index is 426. The van der Waals surface area contributed by atoms with Crippen LogP contribution in [0.4, 0.5) is 5.69 Å². The number of rotatable bonds is 2. The molecule has 0 unspecified atom stereocenters. The van der Waals surface area contributed by atoms with Crippen molar-refractivity contribution < 1.29 is 4.79 Å². The Labute approximate surface area is 97.5 Å². The molecule has 2 rings (SSSR count). The molecule has 0 spiro atoms. The molecule has 0 atom stereocenters. The van der Waals surface area contributed by atoms with Crippen LogP contribution >= 0.6 is 15.9 Å². The van der Waals surface area contributed by atoms with Crippen molar-refractivity contribution in [2.24, 2.45) is 0 Å². The molecule has 15 heavy (non-hydrogen) atoms. The van der Waals surface area contributed by atoms with Crippen LogP contribution in [0.15, 0.2) is 29.3 Å². The third-order valence-corrected chi connectivity index (χ3v) is 3.41. The van der Waals surface area contributed by atoms with Crippen molar-refractivity contribution in [2.45, 2.75) is 19.3 Å². The standard InChI is InChI=1S/C12H12BrNO/c1-2-12(15)14-11-7-6-10(13)8-4-3-5-9(8)11/h2,6-7H,1,3-5H2,(H,14,15). The van der Waals surface area contributed by atoms with Crippen LogP contribution < -0.4 is 5.32 Å². The molecule has 1 amide bonds. The first kappa shape index (κ1) is 10.4. The van der Waals surface area contributed by atoms with Crippen molar-refractivity contribution in [3.8, 4) is 0 Å². The first-order valence-electron chi connectivity index (χ1n) is 4.96. The van der Waals surface area contributed by atoms with Gasteiger partial charge in [0.25, 0.3) is 0 Å². The maximum absolute atomic E-state index is 11.2. The Kier molecular flexibility index (Phi) is 2.91. The van der Waals surface area contributed by atoms with Gasteiger partial charge in [0.1, 0.15) is 0 Å². The van der Waals surface area contributed by atoms with Gasteiger partial charge in [-0.15, -0.1) is 0 Å². The van der Waals surface area contributed by atoms with Crippen molar-refractivity contribution >= 4 is 27.5 Å². The largest absolute Gasteiger partial charge is 0.322 e. The van der Waals surface area contributed by atoms with Crippen molar-refractivity contribution in [2.75, 3.05) is 5.32 Å². The fraction of sp³-hybridized carbons (Fsp3) is 0.250. The first-order valence-corrected chi connectivity index (χ1v) is 5.75. The van der Waals surface area contributed by atoms with Crippen LogP contribution in [0.1, 0.15) is 17.5 Å². The summed E-state index contributed by atoms with van der Waals surface area (Å²) < 4.78 is 1.15. The van der Waals surface area contributed by atoms with Gasteiger partial charge in [-0.25, -0.2) is 0 Å². The Morgan fingerprint density at radius 2 is 2.13 bits per heavy atom. The van der Waals surface area contributed by atoms with Gasteiger partial charge in [0, 0.05) is 10.2 Å². The van der Waals surface area contributed by atoms with E-state index in [0.29, 0.717) is 0 Å². The van der Waals surface area contributed by atoms with Gasteiger partial charge in [-0.05, 0) is 48.6 Å². The van der Waals surface area contributed by atoms with Crippen LogP contribution in [0.2, 0.25) is 0 Å². The molecule has 78 valence electrons. The zero-order chi connectivity index (χ0) is 10.8. The zero-order valence-electron chi connectivity index (χ0n) is 8.35. The molecule has 0 saturated carbocycles. The molecule has 0 aliphatic heterocycles. The quantitative estimate of drug-likeness (QED) is 0.819. The molecule has 0 bridgehead atoms. The van der Waals surface area contributed by atoms with E-state index in [2.05, 4.69) is 27.8 Å². The fourth-order valence-electron chi connectivity index (χ4n) is 1.96. The Morgan fingerprint density at radius 3 is 2.87 bits per heavy atom. The molecular weight excluding hydrogens is 254 g/mol. The van der Waals surface area contributed by atoms with E-state index < -0.39 is 0 Å². The first-order chi connectivity index (χ1) is 7.22. The smallest absolute Gasteiger partial charge is 0.247 e. The van der Waals surface area contributed by atoms with Crippen LogP contribution in [0, 0.1) is 0 Å². The summed E-state index contributed by atoms with van der Waals surface area (Å²) in [7, 11) is 0. The minimum absolute atomic E-state index is 0.147. The highest BCUT2D eigenvalue weighted by Crippen LogP contribution is 2.34. The highest BCUT2D eigenvalue weighted by Gasteiger charge is 2.17. The lowest BCUT2D eigenvalue weighted by Gasteiger charge is -2.10. The number of carbonyl (C=O) groups excluding carboxylic acids is 1. The van der Waals surface area contributed by atoms with Gasteiger partial charge in [0.2, 0.25) is 5.91 Å². The molecule has 1 aliphatic carbocycles. The third-order valence-electron chi connectivity index (χ3n) is 2.67. The summed E-state index contributed by atoms with van der Waals surface area (Å²) in [6.07, 6.45) is 4.59. The summed E-state index contributed by atoms with van der Waals surface area (Å²) in [5.41, 5.74) is 3.52. The summed E-state index contributed by atoms with van der Waals surface area (Å²) in [4.78, 5) is 11.2. The SMILES string of the molecule is C=CC(=O)Nc1ccc(Br)c2c1CCC2. The predicted molar refractivity (Wildman–Crippen MR) is 65.0 cm³/mol. The normalized spacial score (nSPS) is 13.4. The maximum Gasteiger partial charge on any atom is 0.247 e. The van der Waals surface area contributed by atoms with E-state index in [1.807, 2.05) is 12.1 Å². The Hall–Kier alpha value is -1.09. The molecule has 0 heterocycles. The highest BCUT2D eigenvalue weighted by molar-refractivity contribution is 9.10. The minimum Gasteiger partial charge on any atom is -0.322 e. The third kappa shape index (κ3) is 1.97. The van der Waals surface area contributed by atoms with Crippen LogP contribution in [0.25, 0.3) is 0 Å². The molecule has 1 aromatic rings. The monoisotopic (exact) mass is 265 g/mol. The second kappa shape index (κ2) is 4.19. The number of anilines is 1. The number of hydrogen-bond acceptors (Lipinski definition) is 1. The summed E-state index contributed by atoms with van der Waals surface area (Å²) >= 11 is 3.53. The molecule has 1 aromatic carbocycles. The Balaban J connectivity index is 2.37. The summed E-state index contributed by atoms with van der Waals surface area (Å²) in [6.45, 7) is 3.45. The fourth-order valence-corrected chi connectivity index (χ4v) is 2.53. The number of benzene rings is 1. The molecule has 3 heteroatoms. The molecule has 0 fully saturated rings. The van der Waals surface area contributed by atoms with E-state index in [4.69, 9.17) is 0 Å². The molecule has 1 N–H and O–H groups in total. The van der Waals surface area contributed by atoms with Crippen molar-refractivity contribution in [1.29, 1.82) is 0 Å². The second-order valence-electron chi connectivity index (χ2n) is 3.60. The lowest BCUT2D eigenvalue weighted by atomic mass is 10.1. The number of amides is 1. The maximum atomic E-state index is 11.2. The van der Waals surface area contributed by atoms with Gasteiger partial charge in [-0.3, -0.25) is 4.79 Å². The van der Waals surface area contributed by atoms with E-state index in [0.717, 1.165) is 29.4 Å². The lowest BCUT2D eigenvalue weighted by molar-refractivity contribution is -0.111. The summed E-state index contributed by atoms with van der Waals surface area (Å²) in [5, 5.41) is 2.84. The van der Waals surface area contributed by atoms with Crippen molar-refractivity contribution in [3.63, 3.8) is 0 Å². The number of carbonyl (C=O) groups is 1. The van der Waals surface area contributed by atoms with Crippen LogP contribution in [0.3, 0.4) is 0 Å². The number of nitrogens with one attached hydrogen (secondary N) is 1. The van der Waals surface area contributed by atoms with Crippen LogP contribution in [0.5, 0.6) is 0 Å². The molecule has 2 nitrogen and oxygen atoms in total. The molecule has 1 aliphatic rings. The van der Waals surface area contributed by atoms with Gasteiger partial charge in [-0.1, -0.05) is 22.5 Å². The van der Waals surface area contributed by atoms with Crippen molar-refractivity contribution in [1.82, 2.24) is 0 Å². The Morgan fingerprint density at radius 1 is 1.40 bits per heavy atom. The number of halogens is 1. The average Bonchev–Trinajstić information content (AvgIpc) is 2.71. The van der Waals surface area contributed by atoms with Gasteiger partial charge in [0.15, 0.2) is 0 Å². The minimum atomic E-state index is -0.147. The lowest BCUT2D eigenvalue weighted by Crippen LogP contribution is -2.09. The second-order valence-corrected chi connectivity index (χ2v) is 4.45. The average molecular weight is 266 g/mol. The zero-order valence-corrected chi connectivity index (χ0v) is 9.93. The van der Waals surface area contributed by atoms with E-state index in [1.165, 1.54) is 17.2 Å². The van der Waals surface area contributed by atoms with Gasteiger partial charge in [-0.2, -0.15) is 0 Å². The van der Waals surface area contributed by atoms with Gasteiger partial charge >= 0.3 is 0 Å². The molecular formula is C12H12BrNO. The van der Waals surface area contributed by atoms with Crippen LogP contribution in [-0.4, -0.2) is 5.91 Å². The van der Waals surface area contributed by atoms with Gasteiger partial charge < -0.3 is 5.32 Å². The molecule has 0 saturated heterocycles. The molecule has 0 radical (unpaired) electrons. The predicted octanol–water partition coefficient (Wildman–Crippen LogP) is 3.06. The van der Waals surface area contributed by atoms with E-state index >= 15 is 0 Å². The molecule has 0 aromatic heterocycles.